The quantitative estimate of drug-likeness (QED) is 0.830. The minimum atomic E-state index is -0.339. The smallest absolute Gasteiger partial charge is 0.245 e. The summed E-state index contributed by atoms with van der Waals surface area (Å²) in [7, 11) is 0. The number of rotatable bonds is 2. The van der Waals surface area contributed by atoms with E-state index in [0.29, 0.717) is 19.0 Å². The maximum absolute atomic E-state index is 12.6. The highest BCUT2D eigenvalue weighted by atomic mass is 16.2. The van der Waals surface area contributed by atoms with Crippen LogP contribution in [0.4, 0.5) is 0 Å². The van der Waals surface area contributed by atoms with Gasteiger partial charge in [0, 0.05) is 19.0 Å². The molecule has 2 fully saturated rings. The molecule has 1 N–H and O–H groups in total. The molecule has 108 valence electrons. The monoisotopic (exact) mass is 266 g/mol. The Bertz CT molecular complexity index is 346. The molecule has 1 aliphatic heterocycles. The molecule has 2 amide bonds. The van der Waals surface area contributed by atoms with E-state index in [1.807, 2.05) is 18.7 Å². The predicted molar refractivity (Wildman–Crippen MR) is 74.5 cm³/mol. The predicted octanol–water partition coefficient (Wildman–Crippen LogP) is 1.94. The zero-order chi connectivity index (χ0) is 14.0. The van der Waals surface area contributed by atoms with Crippen molar-refractivity contribution < 1.29 is 9.59 Å². The first kappa shape index (κ1) is 14.4. The van der Waals surface area contributed by atoms with Crippen molar-refractivity contribution in [2.45, 2.75) is 65.0 Å². The zero-order valence-electron chi connectivity index (χ0n) is 12.3. The molecule has 1 heterocycles. The van der Waals surface area contributed by atoms with Crippen LogP contribution >= 0.6 is 0 Å². The second-order valence-electron chi connectivity index (χ2n) is 6.48. The molecular formula is C15H26N2O2. The Hall–Kier alpha value is -1.06. The third-order valence-corrected chi connectivity index (χ3v) is 4.54. The van der Waals surface area contributed by atoms with Gasteiger partial charge in [-0.15, -0.1) is 0 Å². The number of carbonyl (C=O) groups excluding carboxylic acids is 2. The van der Waals surface area contributed by atoms with Crippen LogP contribution in [0.1, 0.15) is 52.9 Å². The van der Waals surface area contributed by atoms with Gasteiger partial charge < -0.3 is 10.2 Å². The SMILES string of the molecule is CC1CCC(N2CCC(=O)NC(C(C)C)C2=O)CC1. The highest BCUT2D eigenvalue weighted by Crippen LogP contribution is 2.28. The van der Waals surface area contributed by atoms with Gasteiger partial charge in [-0.25, -0.2) is 0 Å². The second kappa shape index (κ2) is 5.93. The van der Waals surface area contributed by atoms with Crippen LogP contribution < -0.4 is 5.32 Å². The van der Waals surface area contributed by atoms with Crippen molar-refractivity contribution in [2.24, 2.45) is 11.8 Å². The number of hydrogen-bond acceptors (Lipinski definition) is 2. The van der Waals surface area contributed by atoms with Crippen molar-refractivity contribution in [1.82, 2.24) is 10.2 Å². The summed E-state index contributed by atoms with van der Waals surface area (Å²) in [6.45, 7) is 6.86. The van der Waals surface area contributed by atoms with Crippen molar-refractivity contribution in [3.8, 4) is 0 Å². The van der Waals surface area contributed by atoms with Gasteiger partial charge >= 0.3 is 0 Å². The maximum Gasteiger partial charge on any atom is 0.245 e. The molecule has 0 aromatic rings. The minimum Gasteiger partial charge on any atom is -0.344 e. The summed E-state index contributed by atoms with van der Waals surface area (Å²) in [5.74, 6) is 1.07. The van der Waals surface area contributed by atoms with E-state index in [1.54, 1.807) is 0 Å². The van der Waals surface area contributed by atoms with Gasteiger partial charge in [-0.3, -0.25) is 9.59 Å². The Morgan fingerprint density at radius 1 is 1.16 bits per heavy atom. The number of nitrogens with one attached hydrogen (secondary N) is 1. The Kier molecular flexibility index (Phi) is 4.48. The molecule has 4 heteroatoms. The first-order valence-corrected chi connectivity index (χ1v) is 7.59. The molecule has 1 unspecified atom stereocenters. The Balaban J connectivity index is 2.10. The fourth-order valence-electron chi connectivity index (χ4n) is 3.19. The lowest BCUT2D eigenvalue weighted by Crippen LogP contribution is -2.51. The zero-order valence-corrected chi connectivity index (χ0v) is 12.3. The Morgan fingerprint density at radius 3 is 2.37 bits per heavy atom. The first-order valence-electron chi connectivity index (χ1n) is 7.59. The van der Waals surface area contributed by atoms with Crippen molar-refractivity contribution >= 4 is 11.8 Å². The lowest BCUT2D eigenvalue weighted by atomic mass is 9.86. The lowest BCUT2D eigenvalue weighted by molar-refractivity contribution is -0.137. The highest BCUT2D eigenvalue weighted by molar-refractivity contribution is 5.90. The van der Waals surface area contributed by atoms with Crippen LogP contribution in [-0.2, 0) is 9.59 Å². The van der Waals surface area contributed by atoms with Gasteiger partial charge in [-0.2, -0.15) is 0 Å². The fraction of sp³-hybridized carbons (Fsp3) is 0.867. The molecule has 1 saturated heterocycles. The van der Waals surface area contributed by atoms with Crippen LogP contribution in [0.15, 0.2) is 0 Å². The average molecular weight is 266 g/mol. The largest absolute Gasteiger partial charge is 0.344 e. The van der Waals surface area contributed by atoms with E-state index in [0.717, 1.165) is 18.8 Å². The summed E-state index contributed by atoms with van der Waals surface area (Å²) in [4.78, 5) is 26.3. The van der Waals surface area contributed by atoms with Crippen molar-refractivity contribution in [2.75, 3.05) is 6.54 Å². The number of amides is 2. The molecule has 1 aliphatic carbocycles. The summed E-state index contributed by atoms with van der Waals surface area (Å²) >= 11 is 0. The Morgan fingerprint density at radius 2 is 1.79 bits per heavy atom. The van der Waals surface area contributed by atoms with Crippen LogP contribution in [0, 0.1) is 11.8 Å². The third-order valence-electron chi connectivity index (χ3n) is 4.54. The van der Waals surface area contributed by atoms with Crippen molar-refractivity contribution in [3.05, 3.63) is 0 Å². The summed E-state index contributed by atoms with van der Waals surface area (Å²) in [6.07, 6.45) is 5.02. The molecule has 2 rings (SSSR count). The third kappa shape index (κ3) is 3.28. The second-order valence-corrected chi connectivity index (χ2v) is 6.48. The van der Waals surface area contributed by atoms with E-state index in [4.69, 9.17) is 0 Å². The summed E-state index contributed by atoms with van der Waals surface area (Å²) in [5.41, 5.74) is 0. The van der Waals surface area contributed by atoms with Crippen molar-refractivity contribution in [1.29, 1.82) is 0 Å². The molecular weight excluding hydrogens is 240 g/mol. The summed E-state index contributed by atoms with van der Waals surface area (Å²) in [5, 5.41) is 2.88. The Labute approximate surface area is 115 Å². The van der Waals surface area contributed by atoms with Crippen LogP contribution in [0.3, 0.4) is 0 Å². The van der Waals surface area contributed by atoms with Crippen LogP contribution in [-0.4, -0.2) is 35.3 Å². The van der Waals surface area contributed by atoms with Crippen LogP contribution in [0.25, 0.3) is 0 Å². The topological polar surface area (TPSA) is 49.4 Å². The van der Waals surface area contributed by atoms with E-state index in [9.17, 15) is 9.59 Å². The number of nitrogens with zero attached hydrogens (tertiary/aromatic N) is 1. The van der Waals surface area contributed by atoms with Gasteiger partial charge in [0.25, 0.3) is 0 Å². The normalized spacial score (nSPS) is 33.3. The first-order chi connectivity index (χ1) is 8.99. The van der Waals surface area contributed by atoms with E-state index in [2.05, 4.69) is 12.2 Å². The van der Waals surface area contributed by atoms with E-state index < -0.39 is 0 Å². The molecule has 0 aromatic heterocycles. The lowest BCUT2D eigenvalue weighted by Gasteiger charge is -2.37. The molecule has 0 spiro atoms. The van der Waals surface area contributed by atoms with Gasteiger partial charge in [-0.1, -0.05) is 20.8 Å². The van der Waals surface area contributed by atoms with Gasteiger partial charge in [0.15, 0.2) is 0 Å². The van der Waals surface area contributed by atoms with Gasteiger partial charge in [0.2, 0.25) is 11.8 Å². The standard InChI is InChI=1S/C15H26N2O2/c1-10(2)14-15(19)17(9-8-13(18)16-14)12-6-4-11(3)5-7-12/h10-12,14H,4-9H2,1-3H3,(H,16,18). The van der Waals surface area contributed by atoms with Crippen LogP contribution in [0.5, 0.6) is 0 Å². The molecule has 19 heavy (non-hydrogen) atoms. The highest BCUT2D eigenvalue weighted by Gasteiger charge is 2.36. The molecule has 1 atom stereocenters. The van der Waals surface area contributed by atoms with Gasteiger partial charge in [0.1, 0.15) is 6.04 Å². The van der Waals surface area contributed by atoms with Gasteiger partial charge in [0.05, 0.1) is 0 Å². The molecule has 2 aliphatic rings. The molecule has 0 radical (unpaired) electrons. The molecule has 1 saturated carbocycles. The van der Waals surface area contributed by atoms with E-state index >= 15 is 0 Å². The fourth-order valence-corrected chi connectivity index (χ4v) is 3.19. The number of carbonyl (C=O) groups is 2. The van der Waals surface area contributed by atoms with Crippen molar-refractivity contribution in [3.63, 3.8) is 0 Å². The molecule has 0 aromatic carbocycles. The minimum absolute atomic E-state index is 0.0127. The van der Waals surface area contributed by atoms with E-state index in [1.165, 1.54) is 12.8 Å². The maximum atomic E-state index is 12.6. The van der Waals surface area contributed by atoms with Crippen LogP contribution in [0.2, 0.25) is 0 Å². The van der Waals surface area contributed by atoms with Gasteiger partial charge in [-0.05, 0) is 37.5 Å². The molecule has 0 bridgehead atoms. The van der Waals surface area contributed by atoms with E-state index in [-0.39, 0.29) is 23.8 Å². The molecule has 4 nitrogen and oxygen atoms in total. The summed E-state index contributed by atoms with van der Waals surface area (Å²) in [6, 6.07) is 0.00648. The summed E-state index contributed by atoms with van der Waals surface area (Å²) < 4.78 is 0. The number of hydrogen-bond donors (Lipinski definition) is 1. The average Bonchev–Trinajstić information content (AvgIpc) is 2.51.